The minimum Gasteiger partial charge on any atom is -0.293 e. The quantitative estimate of drug-likeness (QED) is 0.405. The van der Waals surface area contributed by atoms with Gasteiger partial charge in [-0.15, -0.1) is 0 Å². The van der Waals surface area contributed by atoms with Crippen LogP contribution in [0.15, 0.2) is 16.6 Å². The summed E-state index contributed by atoms with van der Waals surface area (Å²) in [5.74, 6) is 0.116. The van der Waals surface area contributed by atoms with Crippen LogP contribution in [0.4, 0.5) is 0 Å². The molecule has 0 N–H and O–H groups in total. The number of hydrogen-bond donors (Lipinski definition) is 0. The number of hydrogen-bond acceptors (Lipinski definition) is 1. The van der Waals surface area contributed by atoms with Gasteiger partial charge in [-0.25, -0.2) is 0 Å². The van der Waals surface area contributed by atoms with Crippen LogP contribution in [0.2, 0.25) is 0 Å². The first-order valence-corrected chi connectivity index (χ1v) is 6.61. The zero-order chi connectivity index (χ0) is 10.0. The average molecular weight is 418 g/mol. The summed E-state index contributed by atoms with van der Waals surface area (Å²) in [6.45, 7) is 2.01. The van der Waals surface area contributed by atoms with Crippen molar-refractivity contribution in [3.63, 3.8) is 0 Å². The number of halogens is 3. The van der Waals surface area contributed by atoms with Gasteiger partial charge in [0.25, 0.3) is 0 Å². The summed E-state index contributed by atoms with van der Waals surface area (Å²) < 4.78 is 2.00. The number of aryl methyl sites for hydroxylation is 1. The second-order valence-electron chi connectivity index (χ2n) is 2.61. The number of carbonyl (C=O) groups excluding carboxylic acids is 1. The molecular formula is C9H7Br2IO. The average Bonchev–Trinajstić information content (AvgIpc) is 2.13. The van der Waals surface area contributed by atoms with Crippen molar-refractivity contribution < 1.29 is 4.79 Å². The molecule has 0 radical (unpaired) electrons. The standard InChI is InChI=1S/C9H7Br2IO/c1-5-2-3-6(7(13)4-10)9(12)8(5)11/h2-3H,4H2,1H3. The molecule has 1 nitrogen and oxygen atoms in total. The Morgan fingerprint density at radius 2 is 2.15 bits per heavy atom. The largest absolute Gasteiger partial charge is 0.293 e. The molecule has 1 aromatic rings. The third-order valence-electron chi connectivity index (χ3n) is 1.70. The number of ketones is 1. The lowest BCUT2D eigenvalue weighted by Gasteiger charge is -2.05. The molecule has 0 aromatic heterocycles. The Kier molecular flexibility index (Phi) is 4.38. The van der Waals surface area contributed by atoms with E-state index in [-0.39, 0.29) is 5.78 Å². The number of alkyl halides is 1. The highest BCUT2D eigenvalue weighted by molar-refractivity contribution is 14.1. The first-order valence-electron chi connectivity index (χ1n) is 3.61. The van der Waals surface area contributed by atoms with Gasteiger partial charge in [0, 0.05) is 13.6 Å². The van der Waals surface area contributed by atoms with Crippen LogP contribution in [0.5, 0.6) is 0 Å². The van der Waals surface area contributed by atoms with Crippen LogP contribution < -0.4 is 0 Å². The van der Waals surface area contributed by atoms with Crippen molar-refractivity contribution >= 4 is 60.2 Å². The molecule has 0 amide bonds. The van der Waals surface area contributed by atoms with Crippen molar-refractivity contribution in [3.8, 4) is 0 Å². The Labute approximate surface area is 108 Å². The highest BCUT2D eigenvalue weighted by Crippen LogP contribution is 2.26. The minimum atomic E-state index is 0.116. The third-order valence-corrected chi connectivity index (χ3v) is 5.09. The van der Waals surface area contributed by atoms with E-state index in [4.69, 9.17) is 0 Å². The second-order valence-corrected chi connectivity index (χ2v) is 5.05. The molecule has 13 heavy (non-hydrogen) atoms. The minimum absolute atomic E-state index is 0.116. The van der Waals surface area contributed by atoms with Crippen LogP contribution in [-0.2, 0) is 0 Å². The van der Waals surface area contributed by atoms with E-state index in [0.717, 1.165) is 19.2 Å². The molecule has 0 saturated carbocycles. The van der Waals surface area contributed by atoms with Gasteiger partial charge in [-0.1, -0.05) is 22.0 Å². The molecule has 0 saturated heterocycles. The Hall–Kier alpha value is 0.580. The molecule has 0 fully saturated rings. The predicted molar refractivity (Wildman–Crippen MR) is 69.7 cm³/mol. The van der Waals surface area contributed by atoms with Gasteiger partial charge in [0.1, 0.15) is 0 Å². The summed E-state index contributed by atoms with van der Waals surface area (Å²) in [7, 11) is 0. The van der Waals surface area contributed by atoms with Crippen LogP contribution in [0.1, 0.15) is 15.9 Å². The number of benzene rings is 1. The summed E-state index contributed by atoms with van der Waals surface area (Å²) in [6, 6.07) is 3.81. The topological polar surface area (TPSA) is 17.1 Å². The molecule has 0 aliphatic rings. The first kappa shape index (κ1) is 11.7. The van der Waals surface area contributed by atoms with Crippen molar-refractivity contribution in [1.29, 1.82) is 0 Å². The normalized spacial score (nSPS) is 10.2. The summed E-state index contributed by atoms with van der Waals surface area (Å²) in [5.41, 5.74) is 1.92. The lowest BCUT2D eigenvalue weighted by Crippen LogP contribution is -2.03. The smallest absolute Gasteiger partial charge is 0.174 e. The van der Waals surface area contributed by atoms with E-state index in [1.165, 1.54) is 0 Å². The Bertz CT molecular complexity index is 350. The van der Waals surface area contributed by atoms with Gasteiger partial charge in [0.15, 0.2) is 5.78 Å². The SMILES string of the molecule is Cc1ccc(C(=O)CBr)c(I)c1Br. The summed E-state index contributed by atoms with van der Waals surface area (Å²) >= 11 is 8.79. The fraction of sp³-hybridized carbons (Fsp3) is 0.222. The molecule has 4 heteroatoms. The highest BCUT2D eigenvalue weighted by Gasteiger charge is 2.11. The van der Waals surface area contributed by atoms with Crippen molar-refractivity contribution in [2.75, 3.05) is 5.33 Å². The second kappa shape index (κ2) is 4.89. The monoisotopic (exact) mass is 416 g/mol. The Balaban J connectivity index is 3.26. The predicted octanol–water partition coefficient (Wildman–Crippen LogP) is 3.94. The number of rotatable bonds is 2. The summed E-state index contributed by atoms with van der Waals surface area (Å²) in [4.78, 5) is 11.4. The zero-order valence-electron chi connectivity index (χ0n) is 6.90. The van der Waals surface area contributed by atoms with Crippen LogP contribution in [-0.4, -0.2) is 11.1 Å². The fourth-order valence-corrected chi connectivity index (χ4v) is 2.49. The lowest BCUT2D eigenvalue weighted by atomic mass is 10.1. The molecule has 0 atom stereocenters. The maximum Gasteiger partial charge on any atom is 0.174 e. The molecule has 0 spiro atoms. The molecule has 0 aliphatic carbocycles. The van der Waals surface area contributed by atoms with Crippen molar-refractivity contribution in [1.82, 2.24) is 0 Å². The highest BCUT2D eigenvalue weighted by atomic mass is 127. The molecule has 0 aliphatic heterocycles. The molecule has 1 rings (SSSR count). The summed E-state index contributed by atoms with van der Waals surface area (Å²) in [5, 5.41) is 0.374. The van der Waals surface area contributed by atoms with Crippen LogP contribution in [0.3, 0.4) is 0 Å². The van der Waals surface area contributed by atoms with Crippen LogP contribution in [0.25, 0.3) is 0 Å². The van der Waals surface area contributed by atoms with Gasteiger partial charge in [-0.3, -0.25) is 4.79 Å². The molecule has 0 bridgehead atoms. The van der Waals surface area contributed by atoms with Gasteiger partial charge >= 0.3 is 0 Å². The molecular weight excluding hydrogens is 411 g/mol. The van der Waals surface area contributed by atoms with E-state index in [9.17, 15) is 4.79 Å². The van der Waals surface area contributed by atoms with Gasteiger partial charge in [-0.05, 0) is 57.1 Å². The van der Waals surface area contributed by atoms with E-state index in [2.05, 4.69) is 54.5 Å². The van der Waals surface area contributed by atoms with E-state index >= 15 is 0 Å². The number of Topliss-reactive ketones (excluding diaryl/α,β-unsaturated/α-hetero) is 1. The maximum absolute atomic E-state index is 11.4. The molecule has 0 unspecified atom stereocenters. The van der Waals surface area contributed by atoms with Crippen LogP contribution in [0, 0.1) is 10.5 Å². The Morgan fingerprint density at radius 1 is 1.54 bits per heavy atom. The van der Waals surface area contributed by atoms with Crippen molar-refractivity contribution in [2.45, 2.75) is 6.92 Å². The Morgan fingerprint density at radius 3 is 2.69 bits per heavy atom. The molecule has 1 aromatic carbocycles. The van der Waals surface area contributed by atoms with Crippen LogP contribution >= 0.6 is 54.5 Å². The molecule has 0 heterocycles. The van der Waals surface area contributed by atoms with Gasteiger partial charge in [-0.2, -0.15) is 0 Å². The summed E-state index contributed by atoms with van der Waals surface area (Å²) in [6.07, 6.45) is 0. The van der Waals surface area contributed by atoms with Crippen molar-refractivity contribution in [2.24, 2.45) is 0 Å². The van der Waals surface area contributed by atoms with E-state index in [1.807, 2.05) is 19.1 Å². The van der Waals surface area contributed by atoms with E-state index < -0.39 is 0 Å². The first-order chi connectivity index (χ1) is 6.07. The third kappa shape index (κ3) is 2.53. The number of carbonyl (C=O) groups is 1. The fourth-order valence-electron chi connectivity index (χ4n) is 0.933. The van der Waals surface area contributed by atoms with E-state index in [0.29, 0.717) is 5.33 Å². The lowest BCUT2D eigenvalue weighted by molar-refractivity contribution is 0.102. The zero-order valence-corrected chi connectivity index (χ0v) is 12.2. The van der Waals surface area contributed by atoms with E-state index in [1.54, 1.807) is 0 Å². The van der Waals surface area contributed by atoms with Gasteiger partial charge in [0.05, 0.1) is 5.33 Å². The van der Waals surface area contributed by atoms with Crippen molar-refractivity contribution in [3.05, 3.63) is 31.3 Å². The molecule has 70 valence electrons. The van der Waals surface area contributed by atoms with Gasteiger partial charge < -0.3 is 0 Å². The maximum atomic E-state index is 11.4. The van der Waals surface area contributed by atoms with Gasteiger partial charge in [0.2, 0.25) is 0 Å².